The number of nitrogens with one attached hydrogen (secondary N) is 2. The van der Waals surface area contributed by atoms with Crippen LogP contribution in [0.1, 0.15) is 28.8 Å². The molecule has 1 aliphatic heterocycles. The van der Waals surface area contributed by atoms with E-state index >= 15 is 0 Å². The van der Waals surface area contributed by atoms with Gasteiger partial charge in [-0.1, -0.05) is 18.2 Å². The Bertz CT molecular complexity index is 934. The number of carbonyl (C=O) groups is 1. The Morgan fingerprint density at radius 2 is 1.83 bits per heavy atom. The molecule has 2 aromatic carbocycles. The molecule has 6 nitrogen and oxygen atoms in total. The van der Waals surface area contributed by atoms with Crippen LogP contribution in [0.2, 0.25) is 0 Å². The number of rotatable bonds is 6. The largest absolute Gasteiger partial charge is 0.497 e. The lowest BCUT2D eigenvalue weighted by Crippen LogP contribution is -2.45. The molecule has 0 bridgehead atoms. The van der Waals surface area contributed by atoms with Gasteiger partial charge in [-0.2, -0.15) is 0 Å². The highest BCUT2D eigenvalue weighted by atomic mass is 35.5. The number of aromatic amines is 1. The highest BCUT2D eigenvalue weighted by molar-refractivity contribution is 5.94. The van der Waals surface area contributed by atoms with Gasteiger partial charge in [0.25, 0.3) is 5.91 Å². The van der Waals surface area contributed by atoms with E-state index in [0.717, 1.165) is 44.6 Å². The molecular formula is C23H30ClN3O3. The van der Waals surface area contributed by atoms with Crippen molar-refractivity contribution >= 4 is 29.2 Å². The normalized spacial score (nSPS) is 14.6. The second-order valence-electron chi connectivity index (χ2n) is 7.43. The molecule has 0 unspecified atom stereocenters. The van der Waals surface area contributed by atoms with Gasteiger partial charge in [0.15, 0.2) is 0 Å². The van der Waals surface area contributed by atoms with Crippen molar-refractivity contribution in [3.8, 4) is 5.75 Å². The molecule has 1 fully saturated rings. The second kappa shape index (κ2) is 11.0. The Hall–Kier alpha value is -2.54. The lowest BCUT2D eigenvalue weighted by atomic mass is 10.0. The van der Waals surface area contributed by atoms with E-state index in [9.17, 15) is 4.79 Å². The molecule has 7 heteroatoms. The van der Waals surface area contributed by atoms with Crippen LogP contribution in [0.25, 0.3) is 10.9 Å². The van der Waals surface area contributed by atoms with Crippen molar-refractivity contribution in [2.75, 3.05) is 26.7 Å². The summed E-state index contributed by atoms with van der Waals surface area (Å²) in [5.74, 6) is 0.764. The maximum absolute atomic E-state index is 12.4. The first-order valence-corrected chi connectivity index (χ1v) is 9.95. The number of halogens is 1. The number of methoxy groups -OCH3 is 1. The molecule has 1 saturated heterocycles. The van der Waals surface area contributed by atoms with Gasteiger partial charge in [-0.15, -0.1) is 12.4 Å². The van der Waals surface area contributed by atoms with Gasteiger partial charge in [-0.05, 0) is 55.2 Å². The zero-order valence-corrected chi connectivity index (χ0v) is 18.0. The number of benzene rings is 2. The van der Waals surface area contributed by atoms with Crippen LogP contribution >= 0.6 is 12.4 Å². The summed E-state index contributed by atoms with van der Waals surface area (Å²) in [6, 6.07) is 16.0. The third-order valence-corrected chi connectivity index (χ3v) is 5.65. The van der Waals surface area contributed by atoms with Gasteiger partial charge in [0.2, 0.25) is 0 Å². The number of ether oxygens (including phenoxy) is 1. The molecule has 4 rings (SSSR count). The zero-order valence-electron chi connectivity index (χ0n) is 17.2. The monoisotopic (exact) mass is 431 g/mol. The summed E-state index contributed by atoms with van der Waals surface area (Å²) < 4.78 is 5.14. The number of aromatic nitrogens is 1. The number of piperidine rings is 1. The molecule has 0 saturated carbocycles. The molecule has 30 heavy (non-hydrogen) atoms. The first-order chi connectivity index (χ1) is 13.7. The minimum atomic E-state index is -0.0000966. The third kappa shape index (κ3) is 5.53. The Labute approximate surface area is 183 Å². The van der Waals surface area contributed by atoms with Gasteiger partial charge < -0.3 is 25.4 Å². The van der Waals surface area contributed by atoms with Crippen molar-refractivity contribution in [2.24, 2.45) is 0 Å². The third-order valence-electron chi connectivity index (χ3n) is 5.65. The Kier molecular flexibility index (Phi) is 8.72. The van der Waals surface area contributed by atoms with E-state index < -0.39 is 0 Å². The van der Waals surface area contributed by atoms with E-state index in [0.29, 0.717) is 5.56 Å². The van der Waals surface area contributed by atoms with Crippen LogP contribution in [0, 0.1) is 0 Å². The first-order valence-electron chi connectivity index (χ1n) is 9.95. The average molecular weight is 432 g/mol. The summed E-state index contributed by atoms with van der Waals surface area (Å²) in [7, 11) is 1.63. The van der Waals surface area contributed by atoms with Gasteiger partial charge in [-0.3, -0.25) is 4.79 Å². The van der Waals surface area contributed by atoms with Crippen molar-refractivity contribution < 1.29 is 15.0 Å². The molecule has 0 radical (unpaired) electrons. The van der Waals surface area contributed by atoms with Gasteiger partial charge >= 0.3 is 0 Å². The number of nitrogens with zero attached hydrogens (tertiary/aromatic N) is 1. The Morgan fingerprint density at radius 1 is 1.13 bits per heavy atom. The maximum atomic E-state index is 12.4. The molecule has 0 spiro atoms. The molecule has 0 atom stereocenters. The van der Waals surface area contributed by atoms with E-state index in [1.165, 1.54) is 16.5 Å². The van der Waals surface area contributed by atoms with Crippen LogP contribution in [0.5, 0.6) is 5.75 Å². The van der Waals surface area contributed by atoms with E-state index in [1.54, 1.807) is 7.11 Å². The average Bonchev–Trinajstić information content (AvgIpc) is 3.16. The summed E-state index contributed by atoms with van der Waals surface area (Å²) in [6.45, 7) is 3.10. The van der Waals surface area contributed by atoms with Crippen LogP contribution in [0.15, 0.2) is 54.7 Å². The standard InChI is InChI=1S/C23H27N3O2.ClH.H2O/c1-28-20-8-6-17(7-9-20)23(27)25-19-11-14-26(15-12-19)13-10-18-16-24-22-5-3-2-4-21(18)22;;/h2-9,16,19,24H,10-15H2,1H3,(H,25,27);1H;1H2. The molecule has 162 valence electrons. The van der Waals surface area contributed by atoms with Gasteiger partial charge in [0.05, 0.1) is 7.11 Å². The number of amides is 1. The van der Waals surface area contributed by atoms with Crippen LogP contribution in [0.3, 0.4) is 0 Å². The predicted octanol–water partition coefficient (Wildman–Crippen LogP) is 3.21. The first kappa shape index (κ1) is 23.7. The van der Waals surface area contributed by atoms with Crippen LogP contribution in [-0.2, 0) is 6.42 Å². The van der Waals surface area contributed by atoms with E-state index in [-0.39, 0.29) is 29.8 Å². The van der Waals surface area contributed by atoms with Crippen molar-refractivity contribution in [3.05, 3.63) is 65.9 Å². The molecule has 1 amide bonds. The Balaban J connectivity index is 0.00000160. The minimum absolute atomic E-state index is 0. The zero-order chi connectivity index (χ0) is 19.3. The summed E-state index contributed by atoms with van der Waals surface area (Å²) >= 11 is 0. The lowest BCUT2D eigenvalue weighted by molar-refractivity contribution is 0.0911. The van der Waals surface area contributed by atoms with Crippen molar-refractivity contribution in [2.45, 2.75) is 25.3 Å². The predicted molar refractivity (Wildman–Crippen MR) is 123 cm³/mol. The topological polar surface area (TPSA) is 88.9 Å². The summed E-state index contributed by atoms with van der Waals surface area (Å²) in [5, 5.41) is 4.50. The highest BCUT2D eigenvalue weighted by Gasteiger charge is 2.21. The summed E-state index contributed by atoms with van der Waals surface area (Å²) in [6.07, 6.45) is 5.17. The molecule has 3 aromatic rings. The lowest BCUT2D eigenvalue weighted by Gasteiger charge is -2.32. The number of likely N-dealkylation sites (tertiary alicyclic amines) is 1. The Morgan fingerprint density at radius 3 is 2.53 bits per heavy atom. The van der Waals surface area contributed by atoms with Crippen molar-refractivity contribution in [1.29, 1.82) is 0 Å². The smallest absolute Gasteiger partial charge is 0.251 e. The minimum Gasteiger partial charge on any atom is -0.497 e. The fourth-order valence-electron chi connectivity index (χ4n) is 3.93. The van der Waals surface area contributed by atoms with Crippen LogP contribution in [0.4, 0.5) is 0 Å². The van der Waals surface area contributed by atoms with E-state index in [1.807, 2.05) is 24.3 Å². The molecule has 2 heterocycles. The highest BCUT2D eigenvalue weighted by Crippen LogP contribution is 2.19. The van der Waals surface area contributed by atoms with E-state index in [4.69, 9.17) is 4.74 Å². The van der Waals surface area contributed by atoms with Gasteiger partial charge in [-0.25, -0.2) is 0 Å². The fourth-order valence-corrected chi connectivity index (χ4v) is 3.93. The number of hydrogen-bond donors (Lipinski definition) is 2. The molecule has 4 N–H and O–H groups in total. The second-order valence-corrected chi connectivity index (χ2v) is 7.43. The van der Waals surface area contributed by atoms with Gasteiger partial charge in [0.1, 0.15) is 5.75 Å². The number of para-hydroxylation sites is 1. The summed E-state index contributed by atoms with van der Waals surface area (Å²) in [4.78, 5) is 18.3. The van der Waals surface area contributed by atoms with Crippen LogP contribution in [-0.4, -0.2) is 54.1 Å². The molecule has 1 aromatic heterocycles. The van der Waals surface area contributed by atoms with Gasteiger partial charge in [0, 0.05) is 48.3 Å². The number of H-pyrrole nitrogens is 1. The SMILES string of the molecule is COc1ccc(C(=O)NC2CCN(CCc3c[nH]c4ccccc34)CC2)cc1.Cl.O. The van der Waals surface area contributed by atoms with E-state index in [2.05, 4.69) is 45.7 Å². The van der Waals surface area contributed by atoms with Crippen molar-refractivity contribution in [1.82, 2.24) is 15.2 Å². The number of fused-ring (bicyclic) bond motifs is 1. The molecule has 0 aliphatic carbocycles. The van der Waals surface area contributed by atoms with Crippen molar-refractivity contribution in [3.63, 3.8) is 0 Å². The summed E-state index contributed by atoms with van der Waals surface area (Å²) in [5.41, 5.74) is 3.27. The number of carbonyl (C=O) groups excluding carboxylic acids is 1. The number of hydrogen-bond acceptors (Lipinski definition) is 3. The fraction of sp³-hybridized carbons (Fsp3) is 0.348. The van der Waals surface area contributed by atoms with Crippen LogP contribution < -0.4 is 10.1 Å². The molecular weight excluding hydrogens is 402 g/mol. The maximum Gasteiger partial charge on any atom is 0.251 e. The quantitative estimate of drug-likeness (QED) is 0.628. The molecule has 1 aliphatic rings.